The fourth-order valence-electron chi connectivity index (χ4n) is 1.64. The van der Waals surface area contributed by atoms with Crippen LogP contribution < -0.4 is 10.1 Å². The van der Waals surface area contributed by atoms with Crippen LogP contribution in [0, 0.1) is 11.3 Å². The van der Waals surface area contributed by atoms with Crippen molar-refractivity contribution < 1.29 is 9.53 Å². The molecule has 0 aliphatic rings. The summed E-state index contributed by atoms with van der Waals surface area (Å²) in [6.07, 6.45) is 0. The van der Waals surface area contributed by atoms with E-state index >= 15 is 0 Å². The number of nitrogens with one attached hydrogen (secondary N) is 1. The summed E-state index contributed by atoms with van der Waals surface area (Å²) in [5.74, 6) is 0.154. The van der Waals surface area contributed by atoms with Gasteiger partial charge in [-0.25, -0.2) is 0 Å². The van der Waals surface area contributed by atoms with Crippen LogP contribution in [0.2, 0.25) is 5.02 Å². The van der Waals surface area contributed by atoms with Crippen molar-refractivity contribution in [3.8, 4) is 11.8 Å². The van der Waals surface area contributed by atoms with E-state index in [-0.39, 0.29) is 12.5 Å². The minimum atomic E-state index is -0.291. The molecule has 0 atom stereocenters. The summed E-state index contributed by atoms with van der Waals surface area (Å²) in [6, 6.07) is 13.7. The summed E-state index contributed by atoms with van der Waals surface area (Å²) >= 11 is 9.17. The first kappa shape index (κ1) is 15.4. The highest BCUT2D eigenvalue weighted by molar-refractivity contribution is 9.10. The predicted octanol–water partition coefficient (Wildman–Crippen LogP) is 4.26. The normalized spacial score (nSPS) is 9.76. The molecule has 0 spiro atoms. The first-order chi connectivity index (χ1) is 10.1. The molecular formula is C15H10BrClN2O2. The smallest absolute Gasteiger partial charge is 0.255 e. The van der Waals surface area contributed by atoms with E-state index in [2.05, 4.69) is 21.2 Å². The summed E-state index contributed by atoms with van der Waals surface area (Å²) in [4.78, 5) is 12.2. The quantitative estimate of drug-likeness (QED) is 0.880. The van der Waals surface area contributed by atoms with Crippen molar-refractivity contribution >= 4 is 39.1 Å². The van der Waals surface area contributed by atoms with E-state index in [4.69, 9.17) is 21.6 Å². The average molecular weight is 366 g/mol. The molecule has 0 heterocycles. The highest BCUT2D eigenvalue weighted by atomic mass is 79.9. The van der Waals surface area contributed by atoms with E-state index in [1.807, 2.05) is 6.07 Å². The molecule has 0 bridgehead atoms. The third-order valence-electron chi connectivity index (χ3n) is 2.61. The van der Waals surface area contributed by atoms with Gasteiger partial charge in [-0.15, -0.1) is 0 Å². The molecule has 0 radical (unpaired) electrons. The summed E-state index contributed by atoms with van der Waals surface area (Å²) in [6.45, 7) is -0.0840. The number of nitriles is 1. The van der Waals surface area contributed by atoms with E-state index in [0.29, 0.717) is 26.5 Å². The van der Waals surface area contributed by atoms with Gasteiger partial charge in [0.15, 0.2) is 6.61 Å². The Balaban J connectivity index is 2.19. The lowest BCUT2D eigenvalue weighted by molar-refractivity contribution is 0.102. The molecule has 0 aromatic heterocycles. The summed E-state index contributed by atoms with van der Waals surface area (Å²) in [5, 5.41) is 11.8. The number of amides is 1. The van der Waals surface area contributed by atoms with Crippen LogP contribution in [0.3, 0.4) is 0 Å². The van der Waals surface area contributed by atoms with Crippen LogP contribution in [0.5, 0.6) is 5.75 Å². The minimum Gasteiger partial charge on any atom is -0.477 e. The van der Waals surface area contributed by atoms with E-state index in [9.17, 15) is 4.79 Å². The molecule has 1 amide bonds. The number of nitrogens with zero attached hydrogens (tertiary/aromatic N) is 1. The average Bonchev–Trinajstić information content (AvgIpc) is 2.49. The van der Waals surface area contributed by atoms with Crippen LogP contribution in [0.4, 0.5) is 5.69 Å². The SMILES string of the molecule is N#CCOc1ccccc1NC(=O)c1ccc(Cl)c(Br)c1. The zero-order chi connectivity index (χ0) is 15.2. The highest BCUT2D eigenvalue weighted by Gasteiger charge is 2.11. The molecule has 106 valence electrons. The van der Waals surface area contributed by atoms with Crippen LogP contribution >= 0.6 is 27.5 Å². The molecule has 6 heteroatoms. The van der Waals surface area contributed by atoms with Gasteiger partial charge in [0, 0.05) is 10.0 Å². The maximum absolute atomic E-state index is 12.2. The van der Waals surface area contributed by atoms with Crippen LogP contribution in [0.15, 0.2) is 46.9 Å². The lowest BCUT2D eigenvalue weighted by Gasteiger charge is -2.11. The van der Waals surface area contributed by atoms with Crippen molar-refractivity contribution in [2.45, 2.75) is 0 Å². The van der Waals surface area contributed by atoms with Crippen molar-refractivity contribution in [3.05, 3.63) is 57.5 Å². The molecule has 0 saturated heterocycles. The van der Waals surface area contributed by atoms with E-state index in [1.54, 1.807) is 42.5 Å². The van der Waals surface area contributed by atoms with Gasteiger partial charge in [0.2, 0.25) is 0 Å². The molecule has 2 aromatic carbocycles. The number of carbonyl (C=O) groups excluding carboxylic acids is 1. The number of ether oxygens (including phenoxy) is 1. The molecule has 0 aliphatic carbocycles. The summed E-state index contributed by atoms with van der Waals surface area (Å²) in [5.41, 5.74) is 0.963. The largest absolute Gasteiger partial charge is 0.477 e. The first-order valence-electron chi connectivity index (χ1n) is 5.97. The Hall–Kier alpha value is -2.03. The molecule has 1 N–H and O–H groups in total. The number of halogens is 2. The Labute approximate surface area is 135 Å². The van der Waals surface area contributed by atoms with Crippen LogP contribution in [0.1, 0.15) is 10.4 Å². The molecule has 0 fully saturated rings. The monoisotopic (exact) mass is 364 g/mol. The van der Waals surface area contributed by atoms with Gasteiger partial charge in [0.05, 0.1) is 10.7 Å². The Bertz CT molecular complexity index is 713. The Morgan fingerprint density at radius 3 is 2.81 bits per heavy atom. The van der Waals surface area contributed by atoms with E-state index < -0.39 is 0 Å². The van der Waals surface area contributed by atoms with E-state index in [0.717, 1.165) is 0 Å². The van der Waals surface area contributed by atoms with Gasteiger partial charge in [-0.2, -0.15) is 5.26 Å². The number of hydrogen-bond donors (Lipinski definition) is 1. The van der Waals surface area contributed by atoms with Gasteiger partial charge in [-0.1, -0.05) is 23.7 Å². The molecule has 2 rings (SSSR count). The lowest BCUT2D eigenvalue weighted by atomic mass is 10.2. The minimum absolute atomic E-state index is 0.0840. The zero-order valence-corrected chi connectivity index (χ0v) is 13.1. The standard InChI is InChI=1S/C15H10BrClN2O2/c16-11-9-10(5-6-12(11)17)15(20)19-13-3-1-2-4-14(13)21-8-7-18/h1-6,9H,8H2,(H,19,20). The highest BCUT2D eigenvalue weighted by Crippen LogP contribution is 2.26. The van der Waals surface area contributed by atoms with Gasteiger partial charge in [0.25, 0.3) is 5.91 Å². The number of para-hydroxylation sites is 2. The van der Waals surface area contributed by atoms with Crippen molar-refractivity contribution in [2.75, 3.05) is 11.9 Å². The second-order valence-electron chi connectivity index (χ2n) is 4.03. The predicted molar refractivity (Wildman–Crippen MR) is 84.7 cm³/mol. The number of anilines is 1. The molecule has 0 unspecified atom stereocenters. The van der Waals surface area contributed by atoms with Crippen molar-refractivity contribution in [3.63, 3.8) is 0 Å². The fraction of sp³-hybridized carbons (Fsp3) is 0.0667. The fourth-order valence-corrected chi connectivity index (χ4v) is 2.13. The van der Waals surface area contributed by atoms with Gasteiger partial charge < -0.3 is 10.1 Å². The lowest BCUT2D eigenvalue weighted by Crippen LogP contribution is -2.13. The maximum Gasteiger partial charge on any atom is 0.255 e. The van der Waals surface area contributed by atoms with Crippen molar-refractivity contribution in [2.24, 2.45) is 0 Å². The first-order valence-corrected chi connectivity index (χ1v) is 7.14. The van der Waals surface area contributed by atoms with Crippen LogP contribution in [-0.4, -0.2) is 12.5 Å². The molecule has 2 aromatic rings. The van der Waals surface area contributed by atoms with Crippen molar-refractivity contribution in [1.29, 1.82) is 5.26 Å². The molecular weight excluding hydrogens is 356 g/mol. The van der Waals surface area contributed by atoms with Crippen molar-refractivity contribution in [1.82, 2.24) is 0 Å². The Morgan fingerprint density at radius 2 is 2.10 bits per heavy atom. The van der Waals surface area contributed by atoms with Crippen LogP contribution in [0.25, 0.3) is 0 Å². The Kier molecular flexibility index (Phi) is 5.20. The maximum atomic E-state index is 12.2. The second kappa shape index (κ2) is 7.11. The molecule has 0 saturated carbocycles. The second-order valence-corrected chi connectivity index (χ2v) is 5.29. The zero-order valence-electron chi connectivity index (χ0n) is 10.8. The van der Waals surface area contributed by atoms with Gasteiger partial charge in [0.1, 0.15) is 11.8 Å². The third-order valence-corrected chi connectivity index (χ3v) is 3.82. The molecule has 0 aliphatic heterocycles. The molecule has 21 heavy (non-hydrogen) atoms. The number of benzene rings is 2. The van der Waals surface area contributed by atoms with Crippen LogP contribution in [-0.2, 0) is 0 Å². The number of hydrogen-bond acceptors (Lipinski definition) is 3. The topological polar surface area (TPSA) is 62.1 Å². The number of carbonyl (C=O) groups is 1. The Morgan fingerprint density at radius 1 is 1.33 bits per heavy atom. The van der Waals surface area contributed by atoms with Gasteiger partial charge >= 0.3 is 0 Å². The third kappa shape index (κ3) is 3.97. The number of rotatable bonds is 4. The summed E-state index contributed by atoms with van der Waals surface area (Å²) in [7, 11) is 0. The van der Waals surface area contributed by atoms with E-state index in [1.165, 1.54) is 0 Å². The summed E-state index contributed by atoms with van der Waals surface area (Å²) < 4.78 is 5.90. The van der Waals surface area contributed by atoms with Gasteiger partial charge in [-0.3, -0.25) is 4.79 Å². The molecule has 4 nitrogen and oxygen atoms in total. The van der Waals surface area contributed by atoms with Gasteiger partial charge in [-0.05, 0) is 46.3 Å².